The number of oxime groups is 1. The highest BCUT2D eigenvalue weighted by Crippen LogP contribution is 2.08. The standard InChI is InChI=1S/C7H7ClN2O.H3NO/c8-6-3-1-5(2-4-6)7(9)10-11;1-2/h1-4,11H,(H2,9,10);2H,1H2. The van der Waals surface area contributed by atoms with Crippen LogP contribution in [0, 0.1) is 0 Å². The Labute approximate surface area is 80.2 Å². The second-order valence-electron chi connectivity index (χ2n) is 1.99. The number of amidine groups is 1. The molecule has 0 unspecified atom stereocenters. The topological polar surface area (TPSA) is 105 Å². The van der Waals surface area contributed by atoms with Crippen LogP contribution in [0.3, 0.4) is 0 Å². The summed E-state index contributed by atoms with van der Waals surface area (Å²) in [4.78, 5) is 0. The molecule has 0 radical (unpaired) electrons. The van der Waals surface area contributed by atoms with Gasteiger partial charge in [-0.25, -0.2) is 5.90 Å². The normalized spacial score (nSPS) is 10.2. The first-order valence-electron chi connectivity index (χ1n) is 3.23. The Kier molecular flexibility index (Phi) is 5.62. The highest BCUT2D eigenvalue weighted by Gasteiger charge is 1.96. The zero-order chi connectivity index (χ0) is 10.3. The molecule has 0 aliphatic carbocycles. The van der Waals surface area contributed by atoms with Crippen molar-refractivity contribution in [3.8, 4) is 0 Å². The van der Waals surface area contributed by atoms with Gasteiger partial charge in [0.05, 0.1) is 0 Å². The number of hydrogen-bond donors (Lipinski definition) is 4. The quantitative estimate of drug-likeness (QED) is 0.234. The third-order valence-electron chi connectivity index (χ3n) is 1.25. The van der Waals surface area contributed by atoms with Crippen LogP contribution < -0.4 is 11.6 Å². The number of rotatable bonds is 1. The molecule has 6 heteroatoms. The van der Waals surface area contributed by atoms with Gasteiger partial charge < -0.3 is 16.1 Å². The maximum Gasteiger partial charge on any atom is 0.170 e. The molecular formula is C7H10ClN3O2. The molecule has 0 aliphatic heterocycles. The molecule has 0 heterocycles. The Morgan fingerprint density at radius 2 is 1.69 bits per heavy atom. The van der Waals surface area contributed by atoms with Crippen molar-refractivity contribution in [3.63, 3.8) is 0 Å². The molecule has 0 saturated heterocycles. The van der Waals surface area contributed by atoms with Gasteiger partial charge in [0.2, 0.25) is 0 Å². The van der Waals surface area contributed by atoms with E-state index in [1.807, 2.05) is 0 Å². The van der Waals surface area contributed by atoms with Crippen molar-refractivity contribution < 1.29 is 10.4 Å². The molecule has 1 rings (SSSR count). The first-order chi connectivity index (χ1) is 6.24. The number of nitrogens with two attached hydrogens (primary N) is 2. The Balaban J connectivity index is 0.000000671. The summed E-state index contributed by atoms with van der Waals surface area (Å²) >= 11 is 5.62. The molecule has 0 aromatic heterocycles. The molecule has 1 aromatic rings. The predicted molar refractivity (Wildman–Crippen MR) is 49.9 cm³/mol. The van der Waals surface area contributed by atoms with Crippen molar-refractivity contribution in [1.29, 1.82) is 0 Å². The van der Waals surface area contributed by atoms with Crippen LogP contribution in [-0.2, 0) is 0 Å². The predicted octanol–water partition coefficient (Wildman–Crippen LogP) is 0.769. The van der Waals surface area contributed by atoms with Gasteiger partial charge in [-0.05, 0) is 24.3 Å². The zero-order valence-electron chi connectivity index (χ0n) is 6.68. The lowest BCUT2D eigenvalue weighted by molar-refractivity contribution is 0.311. The van der Waals surface area contributed by atoms with Gasteiger partial charge in [0.25, 0.3) is 0 Å². The van der Waals surface area contributed by atoms with Crippen LogP contribution >= 0.6 is 11.6 Å². The summed E-state index contributed by atoms with van der Waals surface area (Å²) in [6.07, 6.45) is 0. The summed E-state index contributed by atoms with van der Waals surface area (Å²) < 4.78 is 0. The summed E-state index contributed by atoms with van der Waals surface area (Å²) in [6, 6.07) is 6.71. The minimum atomic E-state index is 0.0849. The van der Waals surface area contributed by atoms with Gasteiger partial charge >= 0.3 is 0 Å². The summed E-state index contributed by atoms with van der Waals surface area (Å²) in [5.41, 5.74) is 5.95. The molecule has 0 aliphatic rings. The molecule has 0 amide bonds. The fourth-order valence-corrected chi connectivity index (χ4v) is 0.804. The third-order valence-corrected chi connectivity index (χ3v) is 1.50. The van der Waals surface area contributed by atoms with Crippen LogP contribution in [0.4, 0.5) is 0 Å². The summed E-state index contributed by atoms with van der Waals surface area (Å²) in [7, 11) is 0. The van der Waals surface area contributed by atoms with Crippen LogP contribution in [0.1, 0.15) is 5.56 Å². The number of nitrogens with zero attached hydrogens (tertiary/aromatic N) is 1. The van der Waals surface area contributed by atoms with Crippen LogP contribution in [-0.4, -0.2) is 16.3 Å². The highest BCUT2D eigenvalue weighted by atomic mass is 35.5. The van der Waals surface area contributed by atoms with E-state index >= 15 is 0 Å². The molecule has 1 aromatic carbocycles. The van der Waals surface area contributed by atoms with E-state index in [4.69, 9.17) is 27.7 Å². The van der Waals surface area contributed by atoms with Crippen LogP contribution in [0.15, 0.2) is 29.4 Å². The molecule has 13 heavy (non-hydrogen) atoms. The van der Waals surface area contributed by atoms with E-state index in [1.165, 1.54) is 0 Å². The average molecular weight is 204 g/mol. The molecule has 0 atom stereocenters. The van der Waals surface area contributed by atoms with Crippen LogP contribution in [0.5, 0.6) is 0 Å². The Morgan fingerprint density at radius 1 is 1.23 bits per heavy atom. The van der Waals surface area contributed by atoms with E-state index in [2.05, 4.69) is 11.1 Å². The molecule has 0 fully saturated rings. The summed E-state index contributed by atoms with van der Waals surface area (Å²) in [5, 5.41) is 18.3. The van der Waals surface area contributed by atoms with E-state index in [0.29, 0.717) is 10.6 Å². The second kappa shape index (κ2) is 6.24. The fourth-order valence-electron chi connectivity index (χ4n) is 0.678. The molecule has 72 valence electrons. The van der Waals surface area contributed by atoms with Crippen molar-refractivity contribution in [2.24, 2.45) is 16.8 Å². The minimum absolute atomic E-state index is 0.0849. The van der Waals surface area contributed by atoms with Gasteiger partial charge in [0.15, 0.2) is 5.84 Å². The summed E-state index contributed by atoms with van der Waals surface area (Å²) in [6.45, 7) is 0. The van der Waals surface area contributed by atoms with E-state index in [1.54, 1.807) is 24.3 Å². The van der Waals surface area contributed by atoms with Gasteiger partial charge in [0.1, 0.15) is 0 Å². The fraction of sp³-hybridized carbons (Fsp3) is 0. The largest absolute Gasteiger partial charge is 0.409 e. The number of benzene rings is 1. The number of hydrogen-bond acceptors (Lipinski definition) is 4. The third kappa shape index (κ3) is 3.75. The SMILES string of the molecule is NC(=NO)c1ccc(Cl)cc1.NO. The molecule has 0 saturated carbocycles. The van der Waals surface area contributed by atoms with Gasteiger partial charge in [-0.15, -0.1) is 0 Å². The molecule has 5 nitrogen and oxygen atoms in total. The number of halogens is 1. The molecule has 6 N–H and O–H groups in total. The van der Waals surface area contributed by atoms with Crippen LogP contribution in [0.25, 0.3) is 0 Å². The first kappa shape index (κ1) is 11.7. The molecular weight excluding hydrogens is 194 g/mol. The Morgan fingerprint density at radius 3 is 2.08 bits per heavy atom. The van der Waals surface area contributed by atoms with Crippen molar-refractivity contribution in [1.82, 2.24) is 0 Å². The Bertz CT molecular complexity index is 274. The second-order valence-corrected chi connectivity index (χ2v) is 2.43. The van der Waals surface area contributed by atoms with Gasteiger partial charge in [-0.2, -0.15) is 0 Å². The van der Waals surface area contributed by atoms with Crippen LogP contribution in [0.2, 0.25) is 5.02 Å². The van der Waals surface area contributed by atoms with Crippen molar-refractivity contribution in [2.45, 2.75) is 0 Å². The smallest absolute Gasteiger partial charge is 0.170 e. The summed E-state index contributed by atoms with van der Waals surface area (Å²) in [5.74, 6) is 3.58. The lowest BCUT2D eigenvalue weighted by Gasteiger charge is -1.96. The minimum Gasteiger partial charge on any atom is -0.409 e. The molecule has 0 spiro atoms. The lowest BCUT2D eigenvalue weighted by Crippen LogP contribution is -2.12. The van der Waals surface area contributed by atoms with Crippen molar-refractivity contribution in [3.05, 3.63) is 34.9 Å². The van der Waals surface area contributed by atoms with E-state index < -0.39 is 0 Å². The maximum absolute atomic E-state index is 8.29. The van der Waals surface area contributed by atoms with E-state index in [0.717, 1.165) is 0 Å². The molecule has 0 bridgehead atoms. The Hall–Kier alpha value is -1.30. The van der Waals surface area contributed by atoms with Gasteiger partial charge in [-0.3, -0.25) is 0 Å². The van der Waals surface area contributed by atoms with Gasteiger partial charge in [0, 0.05) is 10.6 Å². The highest BCUT2D eigenvalue weighted by molar-refractivity contribution is 6.30. The zero-order valence-corrected chi connectivity index (χ0v) is 7.44. The van der Waals surface area contributed by atoms with Crippen molar-refractivity contribution >= 4 is 17.4 Å². The monoisotopic (exact) mass is 203 g/mol. The van der Waals surface area contributed by atoms with E-state index in [-0.39, 0.29) is 5.84 Å². The van der Waals surface area contributed by atoms with Crippen molar-refractivity contribution in [2.75, 3.05) is 0 Å². The van der Waals surface area contributed by atoms with E-state index in [9.17, 15) is 0 Å². The lowest BCUT2D eigenvalue weighted by atomic mass is 10.2. The van der Waals surface area contributed by atoms with Gasteiger partial charge in [-0.1, -0.05) is 16.8 Å². The first-order valence-corrected chi connectivity index (χ1v) is 3.61. The maximum atomic E-state index is 8.29. The average Bonchev–Trinajstić information content (AvgIpc) is 2.21.